The van der Waals surface area contributed by atoms with E-state index in [2.05, 4.69) is 4.72 Å². The number of halogens is 3. The Morgan fingerprint density at radius 3 is 2.19 bits per heavy atom. The number of hydrogen-bond donors (Lipinski definition) is 1. The molecular formula is C19H20F3N3O5S2. The lowest BCUT2D eigenvalue weighted by Gasteiger charge is -2.34. The number of carbonyl (C=O) groups excluding carboxylic acids is 1. The average molecular weight is 492 g/mol. The largest absolute Gasteiger partial charge is 0.340 e. The maximum absolute atomic E-state index is 13.4. The lowest BCUT2D eigenvalue weighted by atomic mass is 10.3. The third-order valence-electron chi connectivity index (χ3n) is 4.86. The van der Waals surface area contributed by atoms with Gasteiger partial charge in [0.1, 0.15) is 5.82 Å². The molecule has 0 spiro atoms. The molecule has 8 nitrogen and oxygen atoms in total. The monoisotopic (exact) mass is 491 g/mol. The van der Waals surface area contributed by atoms with E-state index in [1.165, 1.54) is 17.0 Å². The second kappa shape index (κ2) is 9.57. The summed E-state index contributed by atoms with van der Waals surface area (Å²) in [6, 6.07) is 6.77. The second-order valence-corrected chi connectivity index (χ2v) is 10.7. The summed E-state index contributed by atoms with van der Waals surface area (Å²) in [6.45, 7) is -0.0923. The fourth-order valence-corrected chi connectivity index (χ4v) is 5.63. The van der Waals surface area contributed by atoms with Crippen LogP contribution in [-0.4, -0.2) is 64.7 Å². The predicted octanol–water partition coefficient (Wildman–Crippen LogP) is 1.31. The average Bonchev–Trinajstić information content (AvgIpc) is 2.75. The molecule has 0 bridgehead atoms. The number of sulfonamides is 2. The molecule has 1 heterocycles. The van der Waals surface area contributed by atoms with E-state index in [4.69, 9.17) is 0 Å². The van der Waals surface area contributed by atoms with Gasteiger partial charge in [0.05, 0.1) is 9.79 Å². The molecule has 1 aliphatic heterocycles. The Labute approximate surface area is 183 Å². The van der Waals surface area contributed by atoms with Crippen LogP contribution >= 0.6 is 0 Å². The van der Waals surface area contributed by atoms with Gasteiger partial charge in [-0.15, -0.1) is 0 Å². The van der Waals surface area contributed by atoms with Gasteiger partial charge in [0.15, 0.2) is 11.6 Å². The van der Waals surface area contributed by atoms with Crippen LogP contribution in [0.4, 0.5) is 13.2 Å². The van der Waals surface area contributed by atoms with Crippen molar-refractivity contribution in [1.82, 2.24) is 13.9 Å². The number of rotatable bonds is 7. The molecule has 1 N–H and O–H groups in total. The number of nitrogens with zero attached hydrogens (tertiary/aromatic N) is 2. The number of nitrogens with one attached hydrogen (secondary N) is 1. The van der Waals surface area contributed by atoms with Gasteiger partial charge in [0, 0.05) is 39.1 Å². The minimum absolute atomic E-state index is 0.00513. The van der Waals surface area contributed by atoms with Crippen LogP contribution in [0.3, 0.4) is 0 Å². The maximum atomic E-state index is 13.4. The number of carbonyl (C=O) groups is 1. The van der Waals surface area contributed by atoms with Gasteiger partial charge < -0.3 is 4.90 Å². The fourth-order valence-electron chi connectivity index (χ4n) is 3.13. The van der Waals surface area contributed by atoms with Gasteiger partial charge in [-0.05, 0) is 36.4 Å². The molecule has 1 saturated heterocycles. The summed E-state index contributed by atoms with van der Waals surface area (Å²) in [6.07, 6.45) is -0.209. The molecule has 0 saturated carbocycles. The zero-order valence-electron chi connectivity index (χ0n) is 16.7. The Morgan fingerprint density at radius 1 is 0.875 bits per heavy atom. The highest BCUT2D eigenvalue weighted by atomic mass is 32.2. The minimum Gasteiger partial charge on any atom is -0.340 e. The van der Waals surface area contributed by atoms with Crippen LogP contribution in [0.2, 0.25) is 0 Å². The highest BCUT2D eigenvalue weighted by molar-refractivity contribution is 7.89. The molecule has 32 heavy (non-hydrogen) atoms. The SMILES string of the molecule is O=C(CCNS(=O)(=O)c1ccc(F)c(F)c1)N1CCN(S(=O)(=O)c2cccc(F)c2)CC1. The standard InChI is InChI=1S/C19H20F3N3O5S2/c20-14-2-1-3-16(12-14)32(29,30)25-10-8-24(9-11-25)19(26)6-7-23-31(27,28)15-4-5-17(21)18(22)13-15/h1-5,12-13,23H,6-11H2. The van der Waals surface area contributed by atoms with Crippen molar-refractivity contribution in [3.63, 3.8) is 0 Å². The van der Waals surface area contributed by atoms with Crippen molar-refractivity contribution in [1.29, 1.82) is 0 Å². The van der Waals surface area contributed by atoms with E-state index in [-0.39, 0.29) is 44.0 Å². The molecule has 1 aliphatic rings. The quantitative estimate of drug-likeness (QED) is 0.629. The first-order chi connectivity index (χ1) is 15.0. The van der Waals surface area contributed by atoms with Gasteiger partial charge in [-0.3, -0.25) is 4.79 Å². The highest BCUT2D eigenvalue weighted by Gasteiger charge is 2.30. The van der Waals surface area contributed by atoms with E-state index in [0.717, 1.165) is 22.5 Å². The van der Waals surface area contributed by atoms with Crippen LogP contribution in [0.15, 0.2) is 52.3 Å². The van der Waals surface area contributed by atoms with Crippen molar-refractivity contribution in [2.45, 2.75) is 16.2 Å². The summed E-state index contributed by atoms with van der Waals surface area (Å²) in [4.78, 5) is 13.1. The van der Waals surface area contributed by atoms with Crippen LogP contribution in [-0.2, 0) is 24.8 Å². The number of amides is 1. The molecule has 0 aliphatic carbocycles. The maximum Gasteiger partial charge on any atom is 0.243 e. The summed E-state index contributed by atoms with van der Waals surface area (Å²) < 4.78 is 92.4. The smallest absolute Gasteiger partial charge is 0.243 e. The molecular weight excluding hydrogens is 471 g/mol. The molecule has 2 aromatic carbocycles. The van der Waals surface area contributed by atoms with E-state index in [0.29, 0.717) is 12.1 Å². The van der Waals surface area contributed by atoms with Crippen LogP contribution in [0.1, 0.15) is 6.42 Å². The normalized spacial score (nSPS) is 15.7. The van der Waals surface area contributed by atoms with Crippen LogP contribution in [0.5, 0.6) is 0 Å². The number of benzene rings is 2. The fraction of sp³-hybridized carbons (Fsp3) is 0.316. The van der Waals surface area contributed by atoms with Gasteiger partial charge in [-0.25, -0.2) is 34.7 Å². The van der Waals surface area contributed by atoms with E-state index in [9.17, 15) is 34.8 Å². The molecule has 174 valence electrons. The summed E-state index contributed by atoms with van der Waals surface area (Å²) in [5, 5.41) is 0. The molecule has 0 aromatic heterocycles. The van der Waals surface area contributed by atoms with Crippen molar-refractivity contribution in [2.24, 2.45) is 0 Å². The van der Waals surface area contributed by atoms with Gasteiger partial charge in [0.2, 0.25) is 26.0 Å². The molecule has 2 aromatic rings. The predicted molar refractivity (Wildman–Crippen MR) is 108 cm³/mol. The summed E-state index contributed by atoms with van der Waals surface area (Å²) in [7, 11) is -8.03. The van der Waals surface area contributed by atoms with E-state index < -0.39 is 48.3 Å². The van der Waals surface area contributed by atoms with Gasteiger partial charge in [-0.2, -0.15) is 4.31 Å². The van der Waals surface area contributed by atoms with Crippen LogP contribution < -0.4 is 4.72 Å². The van der Waals surface area contributed by atoms with Crippen molar-refractivity contribution < 1.29 is 34.8 Å². The first-order valence-corrected chi connectivity index (χ1v) is 12.4. The Kier molecular flexibility index (Phi) is 7.22. The van der Waals surface area contributed by atoms with E-state index in [1.54, 1.807) is 0 Å². The molecule has 3 rings (SSSR count). The minimum atomic E-state index is -4.13. The van der Waals surface area contributed by atoms with Gasteiger partial charge in [-0.1, -0.05) is 6.07 Å². The molecule has 13 heteroatoms. The van der Waals surface area contributed by atoms with Crippen LogP contribution in [0.25, 0.3) is 0 Å². The van der Waals surface area contributed by atoms with Crippen molar-refractivity contribution >= 4 is 26.0 Å². The Balaban J connectivity index is 1.52. The van der Waals surface area contributed by atoms with Crippen molar-refractivity contribution in [3.05, 3.63) is 59.9 Å². The molecule has 1 amide bonds. The summed E-state index contributed by atoms with van der Waals surface area (Å²) in [5.74, 6) is -3.57. The topological polar surface area (TPSA) is 104 Å². The van der Waals surface area contributed by atoms with Gasteiger partial charge in [0.25, 0.3) is 0 Å². The molecule has 0 radical (unpaired) electrons. The number of hydrogen-bond acceptors (Lipinski definition) is 5. The first-order valence-electron chi connectivity index (χ1n) is 9.49. The van der Waals surface area contributed by atoms with Crippen molar-refractivity contribution in [2.75, 3.05) is 32.7 Å². The lowest BCUT2D eigenvalue weighted by molar-refractivity contribution is -0.132. The third kappa shape index (κ3) is 5.46. The second-order valence-electron chi connectivity index (χ2n) is 6.97. The zero-order chi connectivity index (χ0) is 23.5. The van der Waals surface area contributed by atoms with E-state index in [1.807, 2.05) is 0 Å². The summed E-state index contributed by atoms with van der Waals surface area (Å²) in [5.41, 5.74) is 0. The van der Waals surface area contributed by atoms with Crippen LogP contribution in [0, 0.1) is 17.5 Å². The lowest BCUT2D eigenvalue weighted by Crippen LogP contribution is -2.50. The zero-order valence-corrected chi connectivity index (χ0v) is 18.3. The van der Waals surface area contributed by atoms with Gasteiger partial charge >= 0.3 is 0 Å². The Hall–Kier alpha value is -2.48. The Bertz CT molecular complexity index is 1210. The Morgan fingerprint density at radius 2 is 1.56 bits per heavy atom. The van der Waals surface area contributed by atoms with Crippen molar-refractivity contribution in [3.8, 4) is 0 Å². The number of piperazine rings is 1. The highest BCUT2D eigenvalue weighted by Crippen LogP contribution is 2.19. The third-order valence-corrected chi connectivity index (χ3v) is 8.21. The summed E-state index contributed by atoms with van der Waals surface area (Å²) >= 11 is 0. The molecule has 0 unspecified atom stereocenters. The molecule has 0 atom stereocenters. The van der Waals surface area contributed by atoms with E-state index >= 15 is 0 Å². The molecule has 1 fully saturated rings. The first kappa shape index (κ1) is 24.2.